The monoisotopic (exact) mass is 360 g/mol. The zero-order valence-electron chi connectivity index (χ0n) is 16.8. The van der Waals surface area contributed by atoms with E-state index in [2.05, 4.69) is 24.3 Å². The van der Waals surface area contributed by atoms with Gasteiger partial charge in [0, 0.05) is 0 Å². The molecule has 14 atom stereocenters. The number of hydrogen-bond acceptors (Lipinski definition) is 0. The Morgan fingerprint density at radius 3 is 1.41 bits per heavy atom. The highest BCUT2D eigenvalue weighted by Crippen LogP contribution is 2.68. The van der Waals surface area contributed by atoms with Gasteiger partial charge in [0.1, 0.15) is 0 Å². The maximum Gasteiger partial charge on any atom is -0.0194 e. The second kappa shape index (κ2) is 5.14. The number of allylic oxidation sites excluding steroid dienone is 4. The molecule has 0 nitrogen and oxygen atoms in total. The maximum absolute atomic E-state index is 2.65. The van der Waals surface area contributed by atoms with Crippen molar-refractivity contribution in [3.8, 4) is 0 Å². The number of rotatable bonds is 2. The quantitative estimate of drug-likeness (QED) is 0.398. The highest BCUT2D eigenvalue weighted by molar-refractivity contribution is 5.21. The molecule has 8 bridgehead atoms. The van der Waals surface area contributed by atoms with Gasteiger partial charge < -0.3 is 0 Å². The molecule has 0 radical (unpaired) electrons. The highest BCUT2D eigenvalue weighted by Gasteiger charge is 2.61. The summed E-state index contributed by atoms with van der Waals surface area (Å²) in [6.45, 7) is 0. The fourth-order valence-electron chi connectivity index (χ4n) is 11.6. The van der Waals surface area contributed by atoms with Crippen molar-refractivity contribution >= 4 is 0 Å². The Morgan fingerprint density at radius 1 is 0.481 bits per heavy atom. The van der Waals surface area contributed by atoms with Crippen LogP contribution in [0, 0.1) is 82.9 Å². The van der Waals surface area contributed by atoms with E-state index in [9.17, 15) is 0 Å². The molecule has 8 rings (SSSR count). The molecular formula is C27H36. The standard InChI is InChI=1S/C27H36/c1-3-20-12-22(26-18-7-5-16(10-18)24(20)26)14(1)9-15-2-4-21-13-23(15)27-19-8-6-17(11-19)25(21)27/h5-8,14-27H,1-4,9-13H2. The molecule has 6 fully saturated rings. The minimum atomic E-state index is 0.998. The van der Waals surface area contributed by atoms with Gasteiger partial charge in [-0.2, -0.15) is 0 Å². The first-order valence-electron chi connectivity index (χ1n) is 12.7. The fraction of sp³-hybridized carbons (Fsp3) is 0.852. The summed E-state index contributed by atoms with van der Waals surface area (Å²) in [6, 6.07) is 0. The van der Waals surface area contributed by atoms with E-state index < -0.39 is 0 Å². The van der Waals surface area contributed by atoms with Gasteiger partial charge in [-0.05, 0) is 141 Å². The van der Waals surface area contributed by atoms with Crippen LogP contribution in [0.3, 0.4) is 0 Å². The van der Waals surface area contributed by atoms with Gasteiger partial charge in [-0.1, -0.05) is 24.3 Å². The molecule has 0 N–H and O–H groups in total. The zero-order chi connectivity index (χ0) is 17.3. The van der Waals surface area contributed by atoms with Gasteiger partial charge in [0.2, 0.25) is 0 Å². The molecular weight excluding hydrogens is 324 g/mol. The van der Waals surface area contributed by atoms with Crippen LogP contribution in [0.2, 0.25) is 0 Å². The molecule has 6 saturated carbocycles. The van der Waals surface area contributed by atoms with Gasteiger partial charge in [0.25, 0.3) is 0 Å². The molecule has 27 heavy (non-hydrogen) atoms. The highest BCUT2D eigenvalue weighted by atomic mass is 14.7. The predicted octanol–water partition coefficient (Wildman–Crippen LogP) is 6.35. The first kappa shape index (κ1) is 15.3. The first-order chi connectivity index (χ1) is 13.3. The van der Waals surface area contributed by atoms with E-state index in [1.165, 1.54) is 0 Å². The molecule has 0 spiro atoms. The Kier molecular flexibility index (Phi) is 2.92. The van der Waals surface area contributed by atoms with Gasteiger partial charge in [-0.25, -0.2) is 0 Å². The third-order valence-corrected chi connectivity index (χ3v) is 12.0. The Morgan fingerprint density at radius 2 is 0.926 bits per heavy atom. The van der Waals surface area contributed by atoms with E-state index in [4.69, 9.17) is 0 Å². The van der Waals surface area contributed by atoms with E-state index in [1.54, 1.807) is 57.8 Å². The second-order valence-electron chi connectivity index (χ2n) is 12.4. The summed E-state index contributed by atoms with van der Waals surface area (Å²) in [5, 5.41) is 0. The summed E-state index contributed by atoms with van der Waals surface area (Å²) in [7, 11) is 0. The van der Waals surface area contributed by atoms with Gasteiger partial charge in [-0.3, -0.25) is 0 Å². The van der Waals surface area contributed by atoms with E-state index in [0.717, 1.165) is 82.9 Å². The largest absolute Gasteiger partial charge is 0.0848 e. The van der Waals surface area contributed by atoms with Crippen molar-refractivity contribution in [2.45, 2.75) is 57.8 Å². The van der Waals surface area contributed by atoms with Crippen molar-refractivity contribution in [2.75, 3.05) is 0 Å². The minimum absolute atomic E-state index is 0.998. The molecule has 0 aromatic heterocycles. The number of hydrogen-bond donors (Lipinski definition) is 0. The third-order valence-electron chi connectivity index (χ3n) is 12.0. The lowest BCUT2D eigenvalue weighted by Gasteiger charge is -2.39. The van der Waals surface area contributed by atoms with E-state index in [1.807, 2.05) is 0 Å². The van der Waals surface area contributed by atoms with Crippen molar-refractivity contribution in [1.29, 1.82) is 0 Å². The Labute approximate surface area is 165 Å². The lowest BCUT2D eigenvalue weighted by Crippen LogP contribution is -2.31. The molecule has 144 valence electrons. The van der Waals surface area contributed by atoms with Gasteiger partial charge in [0.15, 0.2) is 0 Å². The molecule has 0 heterocycles. The third kappa shape index (κ3) is 1.84. The van der Waals surface area contributed by atoms with E-state index in [-0.39, 0.29) is 0 Å². The molecule has 0 aliphatic heterocycles. The van der Waals surface area contributed by atoms with Crippen LogP contribution in [0.4, 0.5) is 0 Å². The SMILES string of the molecule is C1=CC2CC1C1C3CCC(CC4CCC5CC4C4C6C=CC(C6)C54)C(C3)C21. The van der Waals surface area contributed by atoms with Crippen LogP contribution < -0.4 is 0 Å². The fourth-order valence-corrected chi connectivity index (χ4v) is 11.6. The Balaban J connectivity index is 1.06. The van der Waals surface area contributed by atoms with Crippen LogP contribution in [0.25, 0.3) is 0 Å². The number of fused-ring (bicyclic) bond motifs is 18. The first-order valence-corrected chi connectivity index (χ1v) is 12.7. The molecule has 0 heteroatoms. The average molecular weight is 361 g/mol. The molecule has 0 saturated heterocycles. The molecule has 0 amide bonds. The van der Waals surface area contributed by atoms with Crippen molar-refractivity contribution in [3.63, 3.8) is 0 Å². The summed E-state index contributed by atoms with van der Waals surface area (Å²) in [5.74, 6) is 15.2. The predicted molar refractivity (Wildman–Crippen MR) is 109 cm³/mol. The van der Waals surface area contributed by atoms with Crippen molar-refractivity contribution in [1.82, 2.24) is 0 Å². The van der Waals surface area contributed by atoms with Crippen LogP contribution >= 0.6 is 0 Å². The van der Waals surface area contributed by atoms with Gasteiger partial charge in [0.05, 0.1) is 0 Å². The Hall–Kier alpha value is -0.520. The zero-order valence-corrected chi connectivity index (χ0v) is 16.8. The molecule has 8 aliphatic rings. The second-order valence-corrected chi connectivity index (χ2v) is 12.4. The lowest BCUT2D eigenvalue weighted by atomic mass is 9.66. The smallest absolute Gasteiger partial charge is 0.0194 e. The minimum Gasteiger partial charge on any atom is -0.0848 e. The van der Waals surface area contributed by atoms with Gasteiger partial charge >= 0.3 is 0 Å². The van der Waals surface area contributed by atoms with Crippen LogP contribution in [-0.4, -0.2) is 0 Å². The lowest BCUT2D eigenvalue weighted by molar-refractivity contribution is 0.108. The molecule has 0 aromatic rings. The maximum atomic E-state index is 2.65. The Bertz CT molecular complexity index is 656. The summed E-state index contributed by atoms with van der Waals surface area (Å²) in [5.41, 5.74) is 0. The summed E-state index contributed by atoms with van der Waals surface area (Å²) in [6.07, 6.45) is 25.0. The van der Waals surface area contributed by atoms with Crippen molar-refractivity contribution < 1.29 is 0 Å². The summed E-state index contributed by atoms with van der Waals surface area (Å²) >= 11 is 0. The van der Waals surface area contributed by atoms with Crippen molar-refractivity contribution in [3.05, 3.63) is 24.3 Å². The van der Waals surface area contributed by atoms with Crippen LogP contribution in [0.5, 0.6) is 0 Å². The molecule has 14 unspecified atom stereocenters. The average Bonchev–Trinajstić information content (AvgIpc) is 3.51. The molecule has 8 aliphatic carbocycles. The van der Waals surface area contributed by atoms with Crippen LogP contribution in [-0.2, 0) is 0 Å². The van der Waals surface area contributed by atoms with E-state index >= 15 is 0 Å². The summed E-state index contributed by atoms with van der Waals surface area (Å²) < 4.78 is 0. The van der Waals surface area contributed by atoms with Gasteiger partial charge in [-0.15, -0.1) is 0 Å². The molecule has 0 aromatic carbocycles. The van der Waals surface area contributed by atoms with E-state index in [0.29, 0.717) is 0 Å². The van der Waals surface area contributed by atoms with Crippen LogP contribution in [0.15, 0.2) is 24.3 Å². The normalized spacial score (nSPS) is 65.9. The topological polar surface area (TPSA) is 0 Å². The van der Waals surface area contributed by atoms with Crippen molar-refractivity contribution in [2.24, 2.45) is 82.9 Å². The summed E-state index contributed by atoms with van der Waals surface area (Å²) in [4.78, 5) is 0. The van der Waals surface area contributed by atoms with Crippen LogP contribution in [0.1, 0.15) is 57.8 Å².